The summed E-state index contributed by atoms with van der Waals surface area (Å²) in [6, 6.07) is 0. The van der Waals surface area contributed by atoms with Crippen LogP contribution in [-0.2, 0) is 14.2 Å². The van der Waals surface area contributed by atoms with E-state index in [1.165, 1.54) is 12.8 Å². The quantitative estimate of drug-likeness (QED) is 0.646. The molecule has 0 N–H and O–H groups in total. The van der Waals surface area contributed by atoms with Crippen molar-refractivity contribution in [3.8, 4) is 0 Å². The summed E-state index contributed by atoms with van der Waals surface area (Å²) in [5.74, 6) is 3.58. The summed E-state index contributed by atoms with van der Waals surface area (Å²) in [5.41, 5.74) is 0. The minimum atomic E-state index is 0.709. The van der Waals surface area contributed by atoms with Gasteiger partial charge in [0, 0.05) is 6.42 Å². The van der Waals surface area contributed by atoms with Crippen molar-refractivity contribution in [3.63, 3.8) is 0 Å². The molecule has 1 rings (SSSR count). The van der Waals surface area contributed by atoms with Gasteiger partial charge >= 0.3 is 0 Å². The van der Waals surface area contributed by atoms with Gasteiger partial charge in [-0.15, -0.1) is 0 Å². The lowest BCUT2D eigenvalue weighted by molar-refractivity contribution is 0.152. The van der Waals surface area contributed by atoms with Crippen LogP contribution < -0.4 is 0 Å². The molecule has 0 aromatic heterocycles. The summed E-state index contributed by atoms with van der Waals surface area (Å²) in [6.07, 6.45) is 5.25. The van der Waals surface area contributed by atoms with Crippen LogP contribution in [0.2, 0.25) is 0 Å². The average molecular weight is 226 g/mol. The first-order valence-electron chi connectivity index (χ1n) is 5.90. The summed E-state index contributed by atoms with van der Waals surface area (Å²) in [6.45, 7) is 4.13. The number of rotatable bonds is 6. The number of methoxy groups -OCH3 is 2. The Kier molecular flexibility index (Phi) is 5.23. The van der Waals surface area contributed by atoms with Crippen LogP contribution in [0.15, 0.2) is 23.0 Å². The first-order chi connectivity index (χ1) is 7.72. The highest BCUT2D eigenvalue weighted by molar-refractivity contribution is 5.19. The summed E-state index contributed by atoms with van der Waals surface area (Å²) >= 11 is 0. The number of hydrogen-bond acceptors (Lipinski definition) is 3. The van der Waals surface area contributed by atoms with Crippen molar-refractivity contribution in [3.05, 3.63) is 23.0 Å². The molecule has 0 saturated carbocycles. The smallest absolute Gasteiger partial charge is 0.142 e. The molecule has 1 aliphatic rings. The van der Waals surface area contributed by atoms with E-state index in [0.717, 1.165) is 35.9 Å². The molecule has 1 heterocycles. The summed E-state index contributed by atoms with van der Waals surface area (Å²) in [7, 11) is 3.35. The topological polar surface area (TPSA) is 27.7 Å². The fourth-order valence-corrected chi connectivity index (χ4v) is 1.80. The first kappa shape index (κ1) is 12.9. The van der Waals surface area contributed by atoms with E-state index in [9.17, 15) is 0 Å². The normalized spacial score (nSPS) is 16.2. The Labute approximate surface area is 98.1 Å². The maximum Gasteiger partial charge on any atom is 0.142 e. The minimum absolute atomic E-state index is 0.709. The number of hydrogen-bond donors (Lipinski definition) is 0. The van der Waals surface area contributed by atoms with E-state index >= 15 is 0 Å². The molecule has 1 aliphatic heterocycles. The van der Waals surface area contributed by atoms with Gasteiger partial charge in [-0.25, -0.2) is 0 Å². The zero-order valence-electron chi connectivity index (χ0n) is 10.8. The Hall–Kier alpha value is -1.12. The molecular formula is C13H22O3. The zero-order chi connectivity index (χ0) is 12.0. The van der Waals surface area contributed by atoms with Gasteiger partial charge in [0.15, 0.2) is 0 Å². The summed E-state index contributed by atoms with van der Waals surface area (Å²) in [5, 5.41) is 0. The van der Waals surface area contributed by atoms with Gasteiger partial charge in [0.25, 0.3) is 0 Å². The van der Waals surface area contributed by atoms with E-state index in [0.29, 0.717) is 6.42 Å². The van der Waals surface area contributed by atoms with E-state index in [4.69, 9.17) is 14.2 Å². The third-order valence-corrected chi connectivity index (χ3v) is 2.80. The maximum absolute atomic E-state index is 5.75. The van der Waals surface area contributed by atoms with Gasteiger partial charge in [0.05, 0.1) is 20.6 Å². The largest absolute Gasteiger partial charge is 0.497 e. The van der Waals surface area contributed by atoms with E-state index in [2.05, 4.69) is 6.92 Å². The fourth-order valence-electron chi connectivity index (χ4n) is 1.80. The van der Waals surface area contributed by atoms with Crippen LogP contribution in [0.5, 0.6) is 0 Å². The van der Waals surface area contributed by atoms with Crippen molar-refractivity contribution in [1.82, 2.24) is 0 Å². The van der Waals surface area contributed by atoms with Gasteiger partial charge in [-0.3, -0.25) is 0 Å². The molecular weight excluding hydrogens is 204 g/mol. The molecule has 0 bridgehead atoms. The molecule has 0 saturated heterocycles. The Morgan fingerprint density at radius 2 is 1.81 bits per heavy atom. The molecule has 0 aromatic rings. The SMILES string of the molecule is CCCCCC1=C(OC)CC(OC)=C(C)O1. The molecule has 0 aliphatic carbocycles. The Bertz CT molecular complexity index is 290. The van der Waals surface area contributed by atoms with Crippen LogP contribution in [0.3, 0.4) is 0 Å². The molecule has 0 amide bonds. The monoisotopic (exact) mass is 226 g/mol. The molecule has 0 spiro atoms. The van der Waals surface area contributed by atoms with Crippen LogP contribution in [0, 0.1) is 0 Å². The Morgan fingerprint density at radius 1 is 1.12 bits per heavy atom. The van der Waals surface area contributed by atoms with Crippen molar-refractivity contribution in [1.29, 1.82) is 0 Å². The highest BCUT2D eigenvalue weighted by Crippen LogP contribution is 2.30. The number of allylic oxidation sites excluding steroid dienone is 2. The second-order valence-corrected chi connectivity index (χ2v) is 3.97. The summed E-state index contributed by atoms with van der Waals surface area (Å²) in [4.78, 5) is 0. The van der Waals surface area contributed by atoms with Gasteiger partial charge in [-0.2, -0.15) is 0 Å². The van der Waals surface area contributed by atoms with Crippen LogP contribution >= 0.6 is 0 Å². The second-order valence-electron chi connectivity index (χ2n) is 3.97. The van der Waals surface area contributed by atoms with Crippen molar-refractivity contribution in [2.75, 3.05) is 14.2 Å². The number of unbranched alkanes of at least 4 members (excludes halogenated alkanes) is 2. The maximum atomic E-state index is 5.75. The predicted molar refractivity (Wildman–Crippen MR) is 63.6 cm³/mol. The number of ether oxygens (including phenoxy) is 3. The van der Waals surface area contributed by atoms with Crippen LogP contribution in [0.1, 0.15) is 46.0 Å². The highest BCUT2D eigenvalue weighted by atomic mass is 16.5. The van der Waals surface area contributed by atoms with Gasteiger partial charge in [0.1, 0.15) is 23.0 Å². The van der Waals surface area contributed by atoms with Crippen LogP contribution in [0.4, 0.5) is 0 Å². The Balaban J connectivity index is 2.63. The van der Waals surface area contributed by atoms with E-state index in [1.54, 1.807) is 14.2 Å². The third-order valence-electron chi connectivity index (χ3n) is 2.80. The first-order valence-corrected chi connectivity index (χ1v) is 5.90. The highest BCUT2D eigenvalue weighted by Gasteiger charge is 2.20. The standard InChI is InChI=1S/C13H22O3/c1-5-6-7-8-11-13(15-4)9-12(14-3)10(2)16-11/h5-9H2,1-4H3. The average Bonchev–Trinajstić information content (AvgIpc) is 2.30. The van der Waals surface area contributed by atoms with Crippen molar-refractivity contribution >= 4 is 0 Å². The van der Waals surface area contributed by atoms with E-state index in [1.807, 2.05) is 6.92 Å². The van der Waals surface area contributed by atoms with Crippen molar-refractivity contribution in [2.45, 2.75) is 46.0 Å². The molecule has 92 valence electrons. The van der Waals surface area contributed by atoms with Gasteiger partial charge in [-0.05, 0) is 13.3 Å². The zero-order valence-corrected chi connectivity index (χ0v) is 10.8. The van der Waals surface area contributed by atoms with Gasteiger partial charge in [0.2, 0.25) is 0 Å². The molecule has 0 unspecified atom stereocenters. The third kappa shape index (κ3) is 3.19. The van der Waals surface area contributed by atoms with E-state index in [-0.39, 0.29) is 0 Å². The molecule has 16 heavy (non-hydrogen) atoms. The molecule has 3 nitrogen and oxygen atoms in total. The molecule has 0 atom stereocenters. The molecule has 0 fully saturated rings. The Morgan fingerprint density at radius 3 is 2.38 bits per heavy atom. The second kappa shape index (κ2) is 6.46. The summed E-state index contributed by atoms with van der Waals surface area (Å²) < 4.78 is 16.4. The van der Waals surface area contributed by atoms with Crippen LogP contribution in [-0.4, -0.2) is 14.2 Å². The molecule has 0 radical (unpaired) electrons. The van der Waals surface area contributed by atoms with Crippen molar-refractivity contribution in [2.24, 2.45) is 0 Å². The lowest BCUT2D eigenvalue weighted by Crippen LogP contribution is -2.09. The molecule has 0 aromatic carbocycles. The van der Waals surface area contributed by atoms with Gasteiger partial charge < -0.3 is 14.2 Å². The fraction of sp³-hybridized carbons (Fsp3) is 0.692. The van der Waals surface area contributed by atoms with E-state index < -0.39 is 0 Å². The van der Waals surface area contributed by atoms with Gasteiger partial charge in [-0.1, -0.05) is 19.8 Å². The predicted octanol–water partition coefficient (Wildman–Crippen LogP) is 3.72. The minimum Gasteiger partial charge on any atom is -0.497 e. The lowest BCUT2D eigenvalue weighted by atomic mass is 10.1. The van der Waals surface area contributed by atoms with Crippen molar-refractivity contribution < 1.29 is 14.2 Å². The molecule has 3 heteroatoms. The van der Waals surface area contributed by atoms with Crippen LogP contribution in [0.25, 0.3) is 0 Å². The lowest BCUT2D eigenvalue weighted by Gasteiger charge is -2.23.